The summed E-state index contributed by atoms with van der Waals surface area (Å²) in [5, 5.41) is 5.58. The number of aromatic amines is 1. The summed E-state index contributed by atoms with van der Waals surface area (Å²) in [5.41, 5.74) is 6.18. The number of H-pyrrole nitrogens is 1. The second-order valence-electron chi connectivity index (χ2n) is 8.98. The van der Waals surface area contributed by atoms with Crippen molar-refractivity contribution in [3.8, 4) is 28.4 Å². The lowest BCUT2D eigenvalue weighted by atomic mass is 10.0. The van der Waals surface area contributed by atoms with Crippen LogP contribution < -0.4 is 19.6 Å². The summed E-state index contributed by atoms with van der Waals surface area (Å²) in [4.78, 5) is 29.3. The van der Waals surface area contributed by atoms with E-state index in [4.69, 9.17) is 25.8 Å². The number of fused-ring (bicyclic) bond motifs is 1. The van der Waals surface area contributed by atoms with Crippen molar-refractivity contribution >= 4 is 63.2 Å². The van der Waals surface area contributed by atoms with Gasteiger partial charge in [0.1, 0.15) is 11.4 Å². The molecular formula is C32H25ClIN3O5. The summed E-state index contributed by atoms with van der Waals surface area (Å²) < 4.78 is 17.5. The fourth-order valence-corrected chi connectivity index (χ4v) is 5.25. The lowest BCUT2D eigenvalue weighted by Crippen LogP contribution is -2.19. The van der Waals surface area contributed by atoms with Gasteiger partial charge in [-0.15, -0.1) is 0 Å². The first kappa shape index (κ1) is 29.2. The van der Waals surface area contributed by atoms with Crippen LogP contribution in [0.25, 0.3) is 22.0 Å². The van der Waals surface area contributed by atoms with Gasteiger partial charge in [-0.3, -0.25) is 4.79 Å². The standard InChI is InChI=1S/C32H25ClIN3O5/c1-3-41-27-16-19(14-15-26(27)42-32(39)20-8-6-9-21(17-20)40-2)18-35-37-31(38)30-28(22-10-4-5-12-24(22)33)23-11-7-13-25(34)29(23)36-30/h4-18,36H,3H2,1-2H3,(H,37,38). The zero-order chi connectivity index (χ0) is 29.6. The van der Waals surface area contributed by atoms with Gasteiger partial charge in [0.25, 0.3) is 5.91 Å². The van der Waals surface area contributed by atoms with Crippen LogP contribution >= 0.6 is 34.2 Å². The van der Waals surface area contributed by atoms with E-state index in [9.17, 15) is 9.59 Å². The molecule has 1 aromatic heterocycles. The van der Waals surface area contributed by atoms with Gasteiger partial charge in [-0.2, -0.15) is 5.10 Å². The van der Waals surface area contributed by atoms with E-state index >= 15 is 0 Å². The molecule has 10 heteroatoms. The molecule has 0 radical (unpaired) electrons. The van der Waals surface area contributed by atoms with E-state index in [2.05, 4.69) is 38.1 Å². The Labute approximate surface area is 260 Å². The number of nitrogens with one attached hydrogen (secondary N) is 2. The first-order valence-corrected chi connectivity index (χ1v) is 14.4. The largest absolute Gasteiger partial charge is 0.497 e. The topological polar surface area (TPSA) is 102 Å². The van der Waals surface area contributed by atoms with Crippen LogP contribution in [0.4, 0.5) is 0 Å². The minimum absolute atomic E-state index is 0.253. The number of hydrogen-bond donors (Lipinski definition) is 2. The smallest absolute Gasteiger partial charge is 0.343 e. The van der Waals surface area contributed by atoms with Crippen LogP contribution in [-0.2, 0) is 0 Å². The van der Waals surface area contributed by atoms with E-state index in [1.54, 1.807) is 48.5 Å². The number of rotatable bonds is 9. The number of benzene rings is 4. The van der Waals surface area contributed by atoms with Gasteiger partial charge in [0.15, 0.2) is 11.5 Å². The molecule has 1 amide bonds. The highest BCUT2D eigenvalue weighted by atomic mass is 127. The van der Waals surface area contributed by atoms with Crippen molar-refractivity contribution in [1.29, 1.82) is 0 Å². The van der Waals surface area contributed by atoms with E-state index in [0.717, 1.165) is 20.0 Å². The predicted molar refractivity (Wildman–Crippen MR) is 172 cm³/mol. The van der Waals surface area contributed by atoms with Crippen molar-refractivity contribution in [2.75, 3.05) is 13.7 Å². The van der Waals surface area contributed by atoms with E-state index in [0.29, 0.717) is 45.5 Å². The Morgan fingerprint density at radius 3 is 2.60 bits per heavy atom. The quantitative estimate of drug-likeness (QED) is 0.0548. The molecule has 4 aromatic carbocycles. The van der Waals surface area contributed by atoms with Gasteiger partial charge in [-0.1, -0.05) is 48.0 Å². The third kappa shape index (κ3) is 6.27. The zero-order valence-corrected chi connectivity index (χ0v) is 25.5. The average Bonchev–Trinajstić information content (AvgIpc) is 3.39. The van der Waals surface area contributed by atoms with Crippen molar-refractivity contribution in [3.63, 3.8) is 0 Å². The molecule has 212 valence electrons. The van der Waals surface area contributed by atoms with Gasteiger partial charge >= 0.3 is 5.97 Å². The molecule has 0 aliphatic rings. The summed E-state index contributed by atoms with van der Waals surface area (Å²) in [6, 6.07) is 24.9. The zero-order valence-electron chi connectivity index (χ0n) is 22.6. The van der Waals surface area contributed by atoms with Crippen molar-refractivity contribution in [1.82, 2.24) is 10.4 Å². The minimum atomic E-state index is -0.550. The molecule has 0 aliphatic carbocycles. The number of nitrogens with zero attached hydrogens (tertiary/aromatic N) is 1. The number of aromatic nitrogens is 1. The van der Waals surface area contributed by atoms with Crippen LogP contribution in [-0.4, -0.2) is 36.8 Å². The maximum absolute atomic E-state index is 13.4. The van der Waals surface area contributed by atoms with Crippen LogP contribution in [0.1, 0.15) is 33.3 Å². The van der Waals surface area contributed by atoms with E-state index in [1.807, 2.05) is 43.3 Å². The molecule has 0 fully saturated rings. The number of esters is 1. The SMILES string of the molecule is CCOc1cc(C=NNC(=O)c2[nH]c3c(I)cccc3c2-c2ccccc2Cl)ccc1OC(=O)c1cccc(OC)c1. The Kier molecular flexibility index (Phi) is 9.09. The van der Waals surface area contributed by atoms with Crippen LogP contribution in [0.2, 0.25) is 5.02 Å². The Balaban J connectivity index is 1.37. The van der Waals surface area contributed by atoms with Gasteiger partial charge < -0.3 is 19.2 Å². The summed E-state index contributed by atoms with van der Waals surface area (Å²) in [6.07, 6.45) is 1.48. The second kappa shape index (κ2) is 13.1. The summed E-state index contributed by atoms with van der Waals surface area (Å²) in [6.45, 7) is 2.18. The predicted octanol–water partition coefficient (Wildman–Crippen LogP) is 7.48. The number of hydrazone groups is 1. The monoisotopic (exact) mass is 693 g/mol. The van der Waals surface area contributed by atoms with E-state index in [-0.39, 0.29) is 5.75 Å². The van der Waals surface area contributed by atoms with E-state index in [1.165, 1.54) is 13.3 Å². The Hall–Kier alpha value is -4.35. The fraction of sp³-hybridized carbons (Fsp3) is 0.0938. The van der Waals surface area contributed by atoms with Gasteiger partial charge in [-0.25, -0.2) is 10.2 Å². The molecule has 0 bridgehead atoms. The van der Waals surface area contributed by atoms with Crippen LogP contribution in [0, 0.1) is 3.57 Å². The summed E-state index contributed by atoms with van der Waals surface area (Å²) in [7, 11) is 1.53. The summed E-state index contributed by atoms with van der Waals surface area (Å²) >= 11 is 8.75. The summed E-state index contributed by atoms with van der Waals surface area (Å²) in [5.74, 6) is 0.176. The van der Waals surface area contributed by atoms with Crippen LogP contribution in [0.3, 0.4) is 0 Å². The number of halogens is 2. The molecule has 2 N–H and O–H groups in total. The molecule has 42 heavy (non-hydrogen) atoms. The number of carbonyl (C=O) groups excluding carboxylic acids is 2. The van der Waals surface area contributed by atoms with Gasteiger partial charge in [-0.05, 0) is 83.6 Å². The molecule has 5 rings (SSSR count). The third-order valence-electron chi connectivity index (χ3n) is 6.31. The van der Waals surface area contributed by atoms with Crippen molar-refractivity contribution in [2.45, 2.75) is 6.92 Å². The Bertz CT molecular complexity index is 1820. The molecule has 0 aliphatic heterocycles. The van der Waals surface area contributed by atoms with Gasteiger partial charge in [0.2, 0.25) is 0 Å². The highest BCUT2D eigenvalue weighted by molar-refractivity contribution is 14.1. The van der Waals surface area contributed by atoms with E-state index < -0.39 is 11.9 Å². The van der Waals surface area contributed by atoms with Gasteiger partial charge in [0.05, 0.1) is 31.0 Å². The molecule has 0 spiro atoms. The van der Waals surface area contributed by atoms with Gasteiger partial charge in [0, 0.05) is 25.1 Å². The van der Waals surface area contributed by atoms with Crippen LogP contribution in [0.15, 0.2) is 90.0 Å². The number of ether oxygens (including phenoxy) is 3. The van der Waals surface area contributed by atoms with Crippen molar-refractivity contribution in [2.24, 2.45) is 5.10 Å². The van der Waals surface area contributed by atoms with Crippen molar-refractivity contribution in [3.05, 3.63) is 110 Å². The van der Waals surface area contributed by atoms with Crippen molar-refractivity contribution < 1.29 is 23.8 Å². The third-order valence-corrected chi connectivity index (χ3v) is 7.54. The maximum atomic E-state index is 13.4. The normalized spacial score (nSPS) is 11.0. The second-order valence-corrected chi connectivity index (χ2v) is 10.5. The lowest BCUT2D eigenvalue weighted by molar-refractivity contribution is 0.0727. The number of carbonyl (C=O) groups is 2. The van der Waals surface area contributed by atoms with Crippen LogP contribution in [0.5, 0.6) is 17.2 Å². The highest BCUT2D eigenvalue weighted by Crippen LogP contribution is 2.38. The number of para-hydroxylation sites is 1. The molecule has 0 saturated carbocycles. The Morgan fingerprint density at radius 1 is 1.00 bits per heavy atom. The molecule has 0 atom stereocenters. The Morgan fingerprint density at radius 2 is 1.81 bits per heavy atom. The number of methoxy groups -OCH3 is 1. The highest BCUT2D eigenvalue weighted by Gasteiger charge is 2.22. The first-order chi connectivity index (χ1) is 20.4. The fourth-order valence-electron chi connectivity index (χ4n) is 4.38. The average molecular weight is 694 g/mol. The molecule has 8 nitrogen and oxygen atoms in total. The molecule has 0 saturated heterocycles. The molecule has 1 heterocycles. The number of amides is 1. The minimum Gasteiger partial charge on any atom is -0.497 e. The number of hydrogen-bond acceptors (Lipinski definition) is 6. The molecular weight excluding hydrogens is 669 g/mol. The lowest BCUT2D eigenvalue weighted by Gasteiger charge is -2.11. The maximum Gasteiger partial charge on any atom is 0.343 e. The molecule has 5 aromatic rings. The molecule has 0 unspecified atom stereocenters. The first-order valence-electron chi connectivity index (χ1n) is 12.9.